The number of benzene rings is 2. The zero-order chi connectivity index (χ0) is 40.5. The second-order valence-electron chi connectivity index (χ2n) is 16.6. The number of nitrogens with zero attached hydrogens (tertiary/aromatic N) is 7. The zero-order valence-corrected chi connectivity index (χ0v) is 33.1. The number of piperazine rings is 1. The average Bonchev–Trinajstić information content (AvgIpc) is 3.59. The zero-order valence-electron chi connectivity index (χ0n) is 33.1. The maximum Gasteiger partial charge on any atom is 0.255 e. The molecule has 1 aliphatic carbocycles. The van der Waals surface area contributed by atoms with Crippen LogP contribution in [-0.2, 0) is 16.1 Å². The topological polar surface area (TPSA) is 164 Å². The second kappa shape index (κ2) is 16.7. The van der Waals surface area contributed by atoms with Gasteiger partial charge in [0.2, 0.25) is 11.8 Å². The number of pyridine rings is 2. The highest BCUT2D eigenvalue weighted by atomic mass is 16.5. The van der Waals surface area contributed by atoms with Crippen molar-refractivity contribution >= 4 is 46.0 Å². The third-order valence-corrected chi connectivity index (χ3v) is 12.9. The van der Waals surface area contributed by atoms with Gasteiger partial charge >= 0.3 is 0 Å². The van der Waals surface area contributed by atoms with Crippen molar-refractivity contribution in [2.24, 2.45) is 5.92 Å². The molecule has 14 nitrogen and oxygen atoms in total. The van der Waals surface area contributed by atoms with Crippen LogP contribution in [0.15, 0.2) is 67.0 Å². The highest BCUT2D eigenvalue weighted by molar-refractivity contribution is 6.05. The second-order valence-corrected chi connectivity index (χ2v) is 16.6. The van der Waals surface area contributed by atoms with E-state index in [1.54, 1.807) is 23.4 Å². The van der Waals surface area contributed by atoms with Crippen LogP contribution in [0.2, 0.25) is 0 Å². The molecular formula is C45H49N9O5. The Morgan fingerprint density at radius 3 is 2.44 bits per heavy atom. The fourth-order valence-corrected chi connectivity index (χ4v) is 9.48. The van der Waals surface area contributed by atoms with Crippen LogP contribution in [0.25, 0.3) is 10.9 Å². The average molecular weight is 796 g/mol. The number of ether oxygens (including phenoxy) is 1. The maximum absolute atomic E-state index is 13.2. The van der Waals surface area contributed by atoms with E-state index in [0.717, 1.165) is 113 Å². The predicted molar refractivity (Wildman–Crippen MR) is 221 cm³/mol. The summed E-state index contributed by atoms with van der Waals surface area (Å²) in [6.07, 6.45) is 9.52. The van der Waals surface area contributed by atoms with Crippen LogP contribution in [0.5, 0.6) is 5.75 Å². The number of fused-ring (bicyclic) bond motifs is 2. The van der Waals surface area contributed by atoms with E-state index in [1.807, 2.05) is 42.5 Å². The van der Waals surface area contributed by atoms with Crippen molar-refractivity contribution in [3.63, 3.8) is 0 Å². The third kappa shape index (κ3) is 8.16. The number of piperidine rings is 2. The minimum atomic E-state index is -0.602. The quantitative estimate of drug-likeness (QED) is 0.231. The number of nitriles is 1. The molecule has 0 bridgehead atoms. The van der Waals surface area contributed by atoms with E-state index < -0.39 is 6.04 Å². The Hall–Kier alpha value is -6.07. The number of imide groups is 1. The number of rotatable bonds is 9. The molecule has 59 heavy (non-hydrogen) atoms. The van der Waals surface area contributed by atoms with Crippen molar-refractivity contribution in [3.8, 4) is 11.8 Å². The Labute approximate surface area is 343 Å². The van der Waals surface area contributed by atoms with Gasteiger partial charge in [-0.1, -0.05) is 0 Å². The van der Waals surface area contributed by atoms with Crippen LogP contribution in [0.3, 0.4) is 0 Å². The first-order valence-electron chi connectivity index (χ1n) is 21.0. The van der Waals surface area contributed by atoms with Crippen molar-refractivity contribution in [2.75, 3.05) is 55.6 Å². The van der Waals surface area contributed by atoms with E-state index in [9.17, 15) is 24.4 Å². The molecule has 1 saturated carbocycles. The number of hydrogen-bond donors (Lipinski definition) is 2. The van der Waals surface area contributed by atoms with E-state index in [-0.39, 0.29) is 42.2 Å². The molecule has 0 unspecified atom stereocenters. The lowest BCUT2D eigenvalue weighted by molar-refractivity contribution is -0.136. The summed E-state index contributed by atoms with van der Waals surface area (Å²) >= 11 is 0. The molecule has 4 fully saturated rings. The summed E-state index contributed by atoms with van der Waals surface area (Å²) in [6.45, 7) is 7.13. The van der Waals surface area contributed by atoms with Crippen LogP contribution in [0.4, 0.5) is 11.5 Å². The van der Waals surface area contributed by atoms with Crippen LogP contribution in [0, 0.1) is 17.2 Å². The largest absolute Gasteiger partial charge is 0.490 e. The van der Waals surface area contributed by atoms with Gasteiger partial charge in [-0.15, -0.1) is 0 Å². The van der Waals surface area contributed by atoms with Crippen molar-refractivity contribution in [1.29, 1.82) is 5.26 Å². The fourth-order valence-electron chi connectivity index (χ4n) is 9.48. The molecule has 0 spiro atoms. The Bertz CT molecular complexity index is 2290. The molecule has 4 aliphatic heterocycles. The molecule has 3 saturated heterocycles. The van der Waals surface area contributed by atoms with Gasteiger partial charge in [-0.25, -0.2) is 4.98 Å². The van der Waals surface area contributed by atoms with Crippen molar-refractivity contribution in [3.05, 3.63) is 89.2 Å². The summed E-state index contributed by atoms with van der Waals surface area (Å²) in [5.41, 5.74) is 4.44. The number of aromatic nitrogens is 2. The van der Waals surface area contributed by atoms with Gasteiger partial charge in [0.1, 0.15) is 23.7 Å². The summed E-state index contributed by atoms with van der Waals surface area (Å²) < 4.78 is 6.37. The first-order valence-corrected chi connectivity index (χ1v) is 21.0. The number of carbonyl (C=O) groups excluding carboxylic acids is 4. The van der Waals surface area contributed by atoms with E-state index >= 15 is 0 Å². The molecule has 2 N–H and O–H groups in total. The molecule has 4 amide bonds. The number of anilines is 2. The van der Waals surface area contributed by atoms with Crippen LogP contribution in [0.1, 0.15) is 83.2 Å². The van der Waals surface area contributed by atoms with E-state index in [1.165, 1.54) is 0 Å². The minimum Gasteiger partial charge on any atom is -0.490 e. The number of nitrogens with one attached hydrogen (secondary N) is 2. The lowest BCUT2D eigenvalue weighted by atomic mass is 9.92. The molecule has 0 radical (unpaired) electrons. The van der Waals surface area contributed by atoms with E-state index in [2.05, 4.69) is 42.5 Å². The van der Waals surface area contributed by atoms with E-state index in [0.29, 0.717) is 41.1 Å². The van der Waals surface area contributed by atoms with Gasteiger partial charge in [0.05, 0.1) is 22.7 Å². The van der Waals surface area contributed by atoms with Gasteiger partial charge in [-0.2, -0.15) is 5.26 Å². The highest BCUT2D eigenvalue weighted by Crippen LogP contribution is 2.33. The van der Waals surface area contributed by atoms with Crippen LogP contribution >= 0.6 is 0 Å². The molecule has 2 aromatic carbocycles. The molecule has 9 rings (SSSR count). The Morgan fingerprint density at radius 1 is 0.881 bits per heavy atom. The predicted octanol–water partition coefficient (Wildman–Crippen LogP) is 4.42. The first-order chi connectivity index (χ1) is 28.8. The monoisotopic (exact) mass is 795 g/mol. The van der Waals surface area contributed by atoms with Gasteiger partial charge in [0.25, 0.3) is 11.8 Å². The Kier molecular flexibility index (Phi) is 10.9. The smallest absolute Gasteiger partial charge is 0.255 e. The van der Waals surface area contributed by atoms with Gasteiger partial charge in [0, 0.05) is 93.9 Å². The van der Waals surface area contributed by atoms with Crippen molar-refractivity contribution in [1.82, 2.24) is 30.4 Å². The van der Waals surface area contributed by atoms with Crippen LogP contribution in [-0.4, -0.2) is 107 Å². The summed E-state index contributed by atoms with van der Waals surface area (Å²) in [5, 5.41) is 15.9. The molecule has 1 atom stereocenters. The molecule has 6 heterocycles. The number of hydrogen-bond acceptors (Lipinski definition) is 11. The third-order valence-electron chi connectivity index (χ3n) is 12.9. The van der Waals surface area contributed by atoms with Crippen LogP contribution < -0.4 is 25.2 Å². The SMILES string of the molecule is N#Cc1ccc(O[C@H]2CC[C@H](NC(=O)c3ccc(N4CCC(CN5CCN(c6ccc7c(c6)CN([C@H]6CCC(=O)NC6=O)C7=O)CC5)CC4)nc3)CC2)c2cccnc12. The summed E-state index contributed by atoms with van der Waals surface area (Å²) in [6, 6.07) is 18.9. The van der Waals surface area contributed by atoms with Gasteiger partial charge in [0.15, 0.2) is 0 Å². The van der Waals surface area contributed by atoms with E-state index in [4.69, 9.17) is 9.72 Å². The Morgan fingerprint density at radius 2 is 1.69 bits per heavy atom. The Balaban J connectivity index is 0.693. The molecule has 5 aliphatic rings. The fraction of sp³-hybridized carbons (Fsp3) is 0.444. The maximum atomic E-state index is 13.2. The lowest BCUT2D eigenvalue weighted by Crippen LogP contribution is -2.52. The van der Waals surface area contributed by atoms with Gasteiger partial charge in [-0.05, 0) is 111 Å². The molecule has 304 valence electrons. The number of carbonyl (C=O) groups is 4. The highest BCUT2D eigenvalue weighted by Gasteiger charge is 2.39. The van der Waals surface area contributed by atoms with Gasteiger partial charge < -0.3 is 24.8 Å². The molecule has 14 heteroatoms. The minimum absolute atomic E-state index is 0.0370. The molecular weight excluding hydrogens is 747 g/mol. The standard InChI is InChI=1S/C45H49N9O5/c46-25-30-3-12-39(37-2-1-17-47-42(30)37)59-35-8-5-33(6-9-35)49-43(56)31-4-13-40(48-26-31)53-18-15-29(16-19-53)27-51-20-22-52(23-21-51)34-7-10-36-32(24-34)28-54(45(36)58)38-11-14-41(55)50-44(38)57/h1-4,7,10,12-13,17,24,26,29,33,35,38H,5-6,8-9,11,14-16,18-23,27-28H2,(H,49,56)(H,50,55,57)/t33-,35-,38-/m0/s1. The summed E-state index contributed by atoms with van der Waals surface area (Å²) in [7, 11) is 0. The summed E-state index contributed by atoms with van der Waals surface area (Å²) in [5.74, 6) is 1.37. The molecule has 4 aromatic rings. The van der Waals surface area contributed by atoms with Crippen molar-refractivity contribution in [2.45, 2.75) is 76.1 Å². The first kappa shape index (κ1) is 38.4. The number of amides is 4. The van der Waals surface area contributed by atoms with Crippen molar-refractivity contribution < 1.29 is 23.9 Å². The van der Waals surface area contributed by atoms with Gasteiger partial charge in [-0.3, -0.25) is 34.4 Å². The summed E-state index contributed by atoms with van der Waals surface area (Å²) in [4.78, 5) is 68.4. The lowest BCUT2D eigenvalue weighted by Gasteiger charge is -2.40. The molecule has 2 aromatic heterocycles. The normalized spacial score (nSPS) is 22.9.